The minimum Gasteiger partial charge on any atom is -0.306 e. The molecule has 0 saturated carbocycles. The van der Waals surface area contributed by atoms with Crippen LogP contribution in [0.15, 0.2) is 30.3 Å². The molecule has 0 spiro atoms. The number of halogens is 2. The monoisotopic (exact) mass is 273 g/mol. The fourth-order valence-electron chi connectivity index (χ4n) is 1.02. The Balaban J connectivity index is 2.78. The van der Waals surface area contributed by atoms with E-state index in [0.29, 0.717) is 0 Å². The molecule has 1 aromatic carbocycles. The molecule has 0 unspecified atom stereocenters. The second-order valence-corrected chi connectivity index (χ2v) is 4.62. The normalized spacial score (nSPS) is 12.2. The lowest BCUT2D eigenvalue weighted by molar-refractivity contribution is 0.457. The maximum Gasteiger partial charge on any atom is 0.0412 e. The zero-order chi connectivity index (χ0) is 10.6. The van der Waals surface area contributed by atoms with E-state index in [0.717, 1.165) is 21.6 Å². The van der Waals surface area contributed by atoms with Gasteiger partial charge in [0.05, 0.1) is 0 Å². The summed E-state index contributed by atoms with van der Waals surface area (Å²) in [5.74, 6) is 0. The highest BCUT2D eigenvalue weighted by Crippen LogP contribution is 2.23. The summed E-state index contributed by atoms with van der Waals surface area (Å²) in [6.07, 6.45) is 2.12. The van der Waals surface area contributed by atoms with Gasteiger partial charge >= 0.3 is 0 Å². The van der Waals surface area contributed by atoms with Crippen LogP contribution in [0.2, 0.25) is 5.02 Å². The average Bonchev–Trinajstić information content (AvgIpc) is 2.14. The zero-order valence-corrected chi connectivity index (χ0v) is 10.6. The Morgan fingerprint density at radius 2 is 2.21 bits per heavy atom. The Hall–Kier alpha value is -0.310. The summed E-state index contributed by atoms with van der Waals surface area (Å²) in [6.45, 7) is 0.910. The van der Waals surface area contributed by atoms with Gasteiger partial charge in [-0.05, 0) is 31.8 Å². The number of hydrogen-bond acceptors (Lipinski definition) is 1. The Morgan fingerprint density at radius 3 is 2.79 bits per heavy atom. The summed E-state index contributed by atoms with van der Waals surface area (Å²) in [5.41, 5.74) is 1.11. The molecular weight excluding hydrogens is 261 g/mol. The molecule has 0 aliphatic carbocycles. The van der Waals surface area contributed by atoms with E-state index >= 15 is 0 Å². The SMILES string of the molecule is CN(C)C/C=C(/Br)c1cccc(Cl)c1. The van der Waals surface area contributed by atoms with E-state index in [1.807, 2.05) is 38.4 Å². The van der Waals surface area contributed by atoms with Crippen LogP contribution in [0, 0.1) is 0 Å². The molecule has 0 bridgehead atoms. The van der Waals surface area contributed by atoms with Crippen molar-refractivity contribution in [1.82, 2.24) is 4.90 Å². The van der Waals surface area contributed by atoms with Crippen LogP contribution in [0.3, 0.4) is 0 Å². The molecule has 0 N–H and O–H groups in total. The molecule has 0 fully saturated rings. The maximum atomic E-state index is 5.89. The number of nitrogens with zero attached hydrogens (tertiary/aromatic N) is 1. The van der Waals surface area contributed by atoms with Gasteiger partial charge in [0.1, 0.15) is 0 Å². The van der Waals surface area contributed by atoms with Crippen molar-refractivity contribution < 1.29 is 0 Å². The molecule has 0 aromatic heterocycles. The Morgan fingerprint density at radius 1 is 1.50 bits per heavy atom. The lowest BCUT2D eigenvalue weighted by atomic mass is 10.2. The van der Waals surface area contributed by atoms with Crippen LogP contribution in [0.5, 0.6) is 0 Å². The van der Waals surface area contributed by atoms with Crippen LogP contribution in [0.25, 0.3) is 4.48 Å². The van der Waals surface area contributed by atoms with Gasteiger partial charge in [0.25, 0.3) is 0 Å². The third-order valence-corrected chi connectivity index (χ3v) is 2.75. The van der Waals surface area contributed by atoms with E-state index in [-0.39, 0.29) is 0 Å². The lowest BCUT2D eigenvalue weighted by Crippen LogP contribution is -2.10. The minimum atomic E-state index is 0.762. The number of rotatable bonds is 3. The van der Waals surface area contributed by atoms with Gasteiger partial charge in [0, 0.05) is 16.0 Å². The minimum absolute atomic E-state index is 0.762. The van der Waals surface area contributed by atoms with Gasteiger partial charge in [-0.3, -0.25) is 0 Å². The van der Waals surface area contributed by atoms with E-state index in [9.17, 15) is 0 Å². The van der Waals surface area contributed by atoms with Crippen molar-refractivity contribution in [1.29, 1.82) is 0 Å². The average molecular weight is 275 g/mol. The molecule has 0 heterocycles. The molecule has 0 atom stereocenters. The lowest BCUT2D eigenvalue weighted by Gasteiger charge is -2.06. The Labute approximate surface area is 98.5 Å². The molecule has 3 heteroatoms. The van der Waals surface area contributed by atoms with Crippen molar-refractivity contribution in [2.45, 2.75) is 0 Å². The number of benzene rings is 1. The van der Waals surface area contributed by atoms with Gasteiger partial charge in [-0.25, -0.2) is 0 Å². The summed E-state index contributed by atoms with van der Waals surface area (Å²) >= 11 is 9.42. The van der Waals surface area contributed by atoms with E-state index < -0.39 is 0 Å². The summed E-state index contributed by atoms with van der Waals surface area (Å²) in [4.78, 5) is 2.10. The molecule has 0 amide bonds. The third kappa shape index (κ3) is 3.82. The Bertz CT molecular complexity index is 334. The van der Waals surface area contributed by atoms with Gasteiger partial charge in [-0.2, -0.15) is 0 Å². The first-order chi connectivity index (χ1) is 6.59. The quantitative estimate of drug-likeness (QED) is 0.813. The van der Waals surface area contributed by atoms with Gasteiger partial charge in [-0.1, -0.05) is 45.7 Å². The summed E-state index contributed by atoms with van der Waals surface area (Å²) < 4.78 is 1.08. The largest absolute Gasteiger partial charge is 0.306 e. The van der Waals surface area contributed by atoms with Crippen LogP contribution in [-0.2, 0) is 0 Å². The van der Waals surface area contributed by atoms with Crippen LogP contribution in [-0.4, -0.2) is 25.5 Å². The maximum absolute atomic E-state index is 5.89. The third-order valence-electron chi connectivity index (χ3n) is 1.74. The molecule has 0 radical (unpaired) electrons. The molecule has 76 valence electrons. The van der Waals surface area contributed by atoms with Crippen LogP contribution < -0.4 is 0 Å². The summed E-state index contributed by atoms with van der Waals surface area (Å²) in [6, 6.07) is 7.79. The number of likely N-dealkylation sites (N-methyl/N-ethyl adjacent to an activating group) is 1. The van der Waals surface area contributed by atoms with E-state index in [2.05, 4.69) is 26.9 Å². The Kier molecular flexibility index (Phi) is 4.66. The van der Waals surface area contributed by atoms with Crippen molar-refractivity contribution in [2.24, 2.45) is 0 Å². The molecule has 1 aromatic rings. The summed E-state index contributed by atoms with van der Waals surface area (Å²) in [5, 5.41) is 0.762. The highest BCUT2D eigenvalue weighted by Gasteiger charge is 1.97. The smallest absolute Gasteiger partial charge is 0.0412 e. The van der Waals surface area contributed by atoms with Crippen molar-refractivity contribution in [3.05, 3.63) is 40.9 Å². The standard InChI is InChI=1S/C11H13BrClN/c1-14(2)7-6-11(12)9-4-3-5-10(13)8-9/h3-6,8H,7H2,1-2H3/b11-6+. The fraction of sp³-hybridized carbons (Fsp3) is 0.273. The predicted molar refractivity (Wildman–Crippen MR) is 66.9 cm³/mol. The van der Waals surface area contributed by atoms with E-state index in [4.69, 9.17) is 11.6 Å². The second-order valence-electron chi connectivity index (χ2n) is 3.32. The van der Waals surface area contributed by atoms with Crippen LogP contribution in [0.1, 0.15) is 5.56 Å². The first kappa shape index (κ1) is 11.8. The van der Waals surface area contributed by atoms with E-state index in [1.165, 1.54) is 0 Å². The molecule has 14 heavy (non-hydrogen) atoms. The van der Waals surface area contributed by atoms with Gasteiger partial charge in [0.15, 0.2) is 0 Å². The molecule has 1 nitrogen and oxygen atoms in total. The fourth-order valence-corrected chi connectivity index (χ4v) is 1.60. The van der Waals surface area contributed by atoms with Gasteiger partial charge < -0.3 is 4.90 Å². The van der Waals surface area contributed by atoms with E-state index in [1.54, 1.807) is 0 Å². The van der Waals surface area contributed by atoms with Crippen molar-refractivity contribution in [3.8, 4) is 0 Å². The molecule has 0 saturated heterocycles. The second kappa shape index (κ2) is 5.54. The zero-order valence-electron chi connectivity index (χ0n) is 8.30. The molecule has 0 aliphatic rings. The van der Waals surface area contributed by atoms with Crippen LogP contribution in [0.4, 0.5) is 0 Å². The first-order valence-corrected chi connectivity index (χ1v) is 5.53. The van der Waals surface area contributed by atoms with Crippen molar-refractivity contribution in [3.63, 3.8) is 0 Å². The summed E-state index contributed by atoms with van der Waals surface area (Å²) in [7, 11) is 4.07. The molecule has 1 rings (SSSR count). The van der Waals surface area contributed by atoms with Gasteiger partial charge in [0.2, 0.25) is 0 Å². The topological polar surface area (TPSA) is 3.24 Å². The predicted octanol–water partition coefficient (Wildman–Crippen LogP) is 3.64. The van der Waals surface area contributed by atoms with Crippen molar-refractivity contribution >= 4 is 32.0 Å². The number of hydrogen-bond donors (Lipinski definition) is 0. The first-order valence-electron chi connectivity index (χ1n) is 4.36. The molecular formula is C11H13BrClN. The van der Waals surface area contributed by atoms with Crippen LogP contribution >= 0.6 is 27.5 Å². The highest BCUT2D eigenvalue weighted by atomic mass is 79.9. The van der Waals surface area contributed by atoms with Gasteiger partial charge in [-0.15, -0.1) is 0 Å². The molecule has 0 aliphatic heterocycles. The van der Waals surface area contributed by atoms with Crippen molar-refractivity contribution in [2.75, 3.05) is 20.6 Å². The highest BCUT2D eigenvalue weighted by molar-refractivity contribution is 9.15.